The van der Waals surface area contributed by atoms with E-state index in [1.165, 1.54) is 0 Å². The van der Waals surface area contributed by atoms with Crippen molar-refractivity contribution < 1.29 is 9.53 Å². The predicted octanol–water partition coefficient (Wildman–Crippen LogP) is 5.95. The summed E-state index contributed by atoms with van der Waals surface area (Å²) in [5.74, 6) is 0. The molecule has 1 aromatic heterocycles. The number of carbonyl (C=O) groups is 1. The summed E-state index contributed by atoms with van der Waals surface area (Å²) in [5.41, 5.74) is 1.70. The molecule has 0 bridgehead atoms. The number of ether oxygens (including phenoxy) is 1. The summed E-state index contributed by atoms with van der Waals surface area (Å²) in [6.45, 7) is 5.48. The van der Waals surface area contributed by atoms with Gasteiger partial charge in [-0.15, -0.1) is 0 Å². The third-order valence-corrected chi connectivity index (χ3v) is 3.84. The molecule has 7 heteroatoms. The van der Waals surface area contributed by atoms with E-state index in [2.05, 4.69) is 4.98 Å². The van der Waals surface area contributed by atoms with Gasteiger partial charge in [0, 0.05) is 45.3 Å². The second-order valence-corrected chi connectivity index (χ2v) is 7.41. The maximum atomic E-state index is 12.0. The molecule has 0 spiro atoms. The van der Waals surface area contributed by atoms with E-state index in [4.69, 9.17) is 39.7 Å². The summed E-state index contributed by atoms with van der Waals surface area (Å²) in [6.07, 6.45) is 2.68. The molecule has 0 atom stereocenters. The fraction of sp³-hybridized carbons (Fsp3) is 0.294. The lowest BCUT2D eigenvalue weighted by Gasteiger charge is -2.23. The van der Waals surface area contributed by atoms with E-state index in [0.717, 1.165) is 21.1 Å². The molecular formula is C17H17Cl3N2O2. The number of benzene rings is 1. The van der Waals surface area contributed by atoms with Crippen LogP contribution in [-0.4, -0.2) is 21.1 Å². The Labute approximate surface area is 156 Å². The molecule has 0 unspecified atom stereocenters. The van der Waals surface area contributed by atoms with Crippen molar-refractivity contribution in [3.63, 3.8) is 0 Å². The summed E-state index contributed by atoms with van der Waals surface area (Å²) in [7, 11) is 0. The Hall–Kier alpha value is -1.49. The van der Waals surface area contributed by atoms with Crippen LogP contribution < -0.4 is 0 Å². The number of nitrogens with zero attached hydrogens (tertiary/aromatic N) is 2. The van der Waals surface area contributed by atoms with Crippen LogP contribution in [0.25, 0.3) is 11.1 Å². The molecule has 0 saturated carbocycles. The normalized spacial score (nSPS) is 11.2. The zero-order valence-electron chi connectivity index (χ0n) is 13.5. The van der Waals surface area contributed by atoms with Gasteiger partial charge in [-0.1, -0.05) is 29.3 Å². The monoisotopic (exact) mass is 386 g/mol. The molecule has 1 heterocycles. The molecular weight excluding hydrogens is 371 g/mol. The van der Waals surface area contributed by atoms with Crippen molar-refractivity contribution >= 4 is 41.1 Å². The predicted molar refractivity (Wildman–Crippen MR) is 97.3 cm³/mol. The van der Waals surface area contributed by atoms with Crippen LogP contribution in [0.4, 0.5) is 4.79 Å². The lowest BCUT2D eigenvalue weighted by Crippen LogP contribution is -2.31. The molecule has 128 valence electrons. The first-order valence-electron chi connectivity index (χ1n) is 7.22. The SMILES string of the molecule is CC(C)(C)OC(=O)N(Cl)Cc1ccncc1-c1ccc(Cl)cc1Cl. The first-order valence-corrected chi connectivity index (χ1v) is 8.31. The van der Waals surface area contributed by atoms with Crippen molar-refractivity contribution in [3.8, 4) is 11.1 Å². The first-order chi connectivity index (χ1) is 11.2. The van der Waals surface area contributed by atoms with E-state index < -0.39 is 11.7 Å². The largest absolute Gasteiger partial charge is 0.443 e. The van der Waals surface area contributed by atoms with E-state index in [1.54, 1.807) is 57.4 Å². The van der Waals surface area contributed by atoms with Gasteiger partial charge in [-0.3, -0.25) is 4.98 Å². The fourth-order valence-electron chi connectivity index (χ4n) is 2.04. The fourth-order valence-corrected chi connectivity index (χ4v) is 2.71. The van der Waals surface area contributed by atoms with Gasteiger partial charge in [0.2, 0.25) is 0 Å². The van der Waals surface area contributed by atoms with Crippen LogP contribution in [0, 0.1) is 0 Å². The molecule has 4 nitrogen and oxygen atoms in total. The summed E-state index contributed by atoms with van der Waals surface area (Å²) in [4.78, 5) is 16.2. The Kier molecular flexibility index (Phi) is 5.97. The molecule has 1 amide bonds. The Morgan fingerprint density at radius 2 is 1.92 bits per heavy atom. The Bertz CT molecular complexity index is 745. The van der Waals surface area contributed by atoms with Crippen LogP contribution in [0.2, 0.25) is 10.0 Å². The second-order valence-electron chi connectivity index (χ2n) is 6.16. The van der Waals surface area contributed by atoms with Crippen molar-refractivity contribution in [2.24, 2.45) is 0 Å². The van der Waals surface area contributed by atoms with Crippen molar-refractivity contribution in [2.75, 3.05) is 0 Å². The number of aromatic nitrogens is 1. The standard InChI is InChI=1S/C17H17Cl3N2O2/c1-17(2,3)24-16(23)22(20)10-11-6-7-21-9-14(11)13-5-4-12(18)8-15(13)19/h4-9H,10H2,1-3H3. The third-order valence-electron chi connectivity index (χ3n) is 3.03. The topological polar surface area (TPSA) is 42.4 Å². The van der Waals surface area contributed by atoms with Gasteiger partial charge in [-0.2, -0.15) is 0 Å². The second kappa shape index (κ2) is 7.60. The van der Waals surface area contributed by atoms with Crippen LogP contribution >= 0.6 is 35.0 Å². The number of rotatable bonds is 3. The number of hydrogen-bond acceptors (Lipinski definition) is 3. The summed E-state index contributed by atoms with van der Waals surface area (Å²) >= 11 is 18.3. The Morgan fingerprint density at radius 1 is 1.21 bits per heavy atom. The minimum atomic E-state index is -0.620. The Morgan fingerprint density at radius 3 is 2.54 bits per heavy atom. The van der Waals surface area contributed by atoms with Gasteiger partial charge in [-0.05, 0) is 44.5 Å². The molecule has 2 rings (SSSR count). The van der Waals surface area contributed by atoms with E-state index in [9.17, 15) is 4.79 Å². The van der Waals surface area contributed by atoms with E-state index >= 15 is 0 Å². The molecule has 0 aliphatic carbocycles. The first kappa shape index (κ1) is 18.8. The lowest BCUT2D eigenvalue weighted by atomic mass is 10.0. The maximum Gasteiger partial charge on any atom is 0.425 e. The number of pyridine rings is 1. The van der Waals surface area contributed by atoms with E-state index in [-0.39, 0.29) is 6.54 Å². The van der Waals surface area contributed by atoms with Crippen LogP contribution in [0.1, 0.15) is 26.3 Å². The van der Waals surface area contributed by atoms with Gasteiger partial charge in [0.15, 0.2) is 0 Å². The number of hydrogen-bond donors (Lipinski definition) is 0. The molecule has 1 aromatic carbocycles. The zero-order chi connectivity index (χ0) is 17.9. The molecule has 0 fully saturated rings. The average molecular weight is 388 g/mol. The highest BCUT2D eigenvalue weighted by Gasteiger charge is 2.22. The van der Waals surface area contributed by atoms with Gasteiger partial charge in [0.25, 0.3) is 0 Å². The smallest absolute Gasteiger partial charge is 0.425 e. The highest BCUT2D eigenvalue weighted by molar-refractivity contribution is 6.36. The van der Waals surface area contributed by atoms with Crippen molar-refractivity contribution in [2.45, 2.75) is 32.9 Å². The summed E-state index contributed by atoms with van der Waals surface area (Å²) in [6, 6.07) is 6.98. The highest BCUT2D eigenvalue weighted by atomic mass is 35.5. The van der Waals surface area contributed by atoms with E-state index in [1.807, 2.05) is 0 Å². The van der Waals surface area contributed by atoms with E-state index in [0.29, 0.717) is 10.0 Å². The molecule has 24 heavy (non-hydrogen) atoms. The molecule has 0 N–H and O–H groups in total. The van der Waals surface area contributed by atoms with Crippen LogP contribution in [-0.2, 0) is 11.3 Å². The highest BCUT2D eigenvalue weighted by Crippen LogP contribution is 2.32. The van der Waals surface area contributed by atoms with Crippen molar-refractivity contribution in [1.82, 2.24) is 9.40 Å². The minimum absolute atomic E-state index is 0.146. The van der Waals surface area contributed by atoms with Gasteiger partial charge >= 0.3 is 6.09 Å². The molecule has 0 saturated heterocycles. The third kappa shape index (κ3) is 5.00. The van der Waals surface area contributed by atoms with Crippen molar-refractivity contribution in [3.05, 3.63) is 52.3 Å². The minimum Gasteiger partial charge on any atom is -0.443 e. The van der Waals surface area contributed by atoms with Crippen LogP contribution in [0.3, 0.4) is 0 Å². The van der Waals surface area contributed by atoms with Gasteiger partial charge in [0.05, 0.1) is 6.54 Å². The van der Waals surface area contributed by atoms with Crippen LogP contribution in [0.15, 0.2) is 36.7 Å². The molecule has 2 aromatic rings. The molecule has 0 aliphatic heterocycles. The summed E-state index contributed by atoms with van der Waals surface area (Å²) < 4.78 is 6.25. The number of carbonyl (C=O) groups excluding carboxylic acids is 1. The number of amides is 1. The molecule has 0 aliphatic rings. The summed E-state index contributed by atoms with van der Waals surface area (Å²) in [5, 5.41) is 1.04. The van der Waals surface area contributed by atoms with Crippen molar-refractivity contribution in [1.29, 1.82) is 0 Å². The van der Waals surface area contributed by atoms with Crippen LogP contribution in [0.5, 0.6) is 0 Å². The van der Waals surface area contributed by atoms with Gasteiger partial charge in [-0.25, -0.2) is 9.21 Å². The average Bonchev–Trinajstić information content (AvgIpc) is 2.46. The lowest BCUT2D eigenvalue weighted by molar-refractivity contribution is 0.0383. The van der Waals surface area contributed by atoms with Gasteiger partial charge in [0.1, 0.15) is 5.60 Å². The number of halogens is 3. The quantitative estimate of drug-likeness (QED) is 0.611. The zero-order valence-corrected chi connectivity index (χ0v) is 15.8. The maximum absolute atomic E-state index is 12.0. The molecule has 0 radical (unpaired) electrons. The van der Waals surface area contributed by atoms with Gasteiger partial charge < -0.3 is 4.74 Å². The Balaban J connectivity index is 2.28.